The third-order valence-electron chi connectivity index (χ3n) is 3.55. The van der Waals surface area contributed by atoms with Crippen LogP contribution in [0.1, 0.15) is 28.4 Å². The van der Waals surface area contributed by atoms with E-state index in [1.165, 1.54) is 23.5 Å². The number of hydrogen-bond acceptors (Lipinski definition) is 5. The number of aromatic nitrogens is 4. The number of carbonyl (C=O) groups is 1. The van der Waals surface area contributed by atoms with Gasteiger partial charge in [0, 0.05) is 12.7 Å². The van der Waals surface area contributed by atoms with Crippen molar-refractivity contribution in [3.63, 3.8) is 0 Å². The summed E-state index contributed by atoms with van der Waals surface area (Å²) in [7, 11) is 0. The lowest BCUT2D eigenvalue weighted by molar-refractivity contribution is 0.0942. The van der Waals surface area contributed by atoms with E-state index in [4.69, 9.17) is 0 Å². The van der Waals surface area contributed by atoms with Gasteiger partial charge in [0.1, 0.15) is 12.7 Å². The number of aliphatic hydroxyl groups excluding tert-OH is 1. The molecule has 3 rings (SSSR count). The molecule has 0 aliphatic carbocycles. The van der Waals surface area contributed by atoms with Crippen LogP contribution in [0.3, 0.4) is 0 Å². The number of rotatable bonds is 6. The van der Waals surface area contributed by atoms with E-state index in [-0.39, 0.29) is 5.91 Å². The molecule has 3 aromatic rings. The van der Waals surface area contributed by atoms with E-state index in [0.717, 1.165) is 5.56 Å². The molecule has 7 nitrogen and oxygen atoms in total. The molecule has 1 amide bonds. The molecule has 0 aliphatic rings. The zero-order chi connectivity index (χ0) is 16.8. The number of nitrogens with zero attached hydrogens (tertiary/aromatic N) is 4. The van der Waals surface area contributed by atoms with E-state index in [1.807, 2.05) is 30.3 Å². The molecule has 24 heavy (non-hydrogen) atoms. The van der Waals surface area contributed by atoms with Crippen molar-refractivity contribution < 1.29 is 9.90 Å². The highest BCUT2D eigenvalue weighted by atomic mass is 16.3. The molecule has 0 saturated carbocycles. The maximum absolute atomic E-state index is 12.1. The summed E-state index contributed by atoms with van der Waals surface area (Å²) in [6.45, 7) is 0.375. The third-order valence-corrected chi connectivity index (χ3v) is 3.55. The summed E-state index contributed by atoms with van der Waals surface area (Å²) in [6, 6.07) is 12.7. The topological polar surface area (TPSA) is 92.9 Å². The predicted molar refractivity (Wildman–Crippen MR) is 87.5 cm³/mol. The molecule has 0 aliphatic heterocycles. The number of amides is 1. The van der Waals surface area contributed by atoms with Crippen molar-refractivity contribution in [2.45, 2.75) is 12.5 Å². The molecule has 1 aromatic carbocycles. The summed E-state index contributed by atoms with van der Waals surface area (Å²) in [5, 5.41) is 16.8. The second-order valence-corrected chi connectivity index (χ2v) is 5.22. The van der Waals surface area contributed by atoms with Crippen LogP contribution in [0.25, 0.3) is 5.82 Å². The van der Waals surface area contributed by atoms with Gasteiger partial charge in [-0.25, -0.2) is 14.6 Å². The number of hydrogen-bond donors (Lipinski definition) is 2. The highest BCUT2D eigenvalue weighted by molar-refractivity contribution is 5.93. The van der Waals surface area contributed by atoms with E-state index in [1.54, 1.807) is 12.1 Å². The average Bonchev–Trinajstić information content (AvgIpc) is 3.17. The summed E-state index contributed by atoms with van der Waals surface area (Å²) < 4.78 is 1.51. The SMILES string of the molecule is O=C(NCCC(O)c1ccccc1)c1ccc(-n2cncn2)nc1. The summed E-state index contributed by atoms with van der Waals surface area (Å²) in [6.07, 6.45) is 4.28. The van der Waals surface area contributed by atoms with Crippen molar-refractivity contribution in [1.29, 1.82) is 0 Å². The lowest BCUT2D eigenvalue weighted by Crippen LogP contribution is -2.25. The van der Waals surface area contributed by atoms with Gasteiger partial charge in [-0.1, -0.05) is 30.3 Å². The second-order valence-electron chi connectivity index (χ2n) is 5.22. The molecular weight excluding hydrogens is 306 g/mol. The normalized spacial score (nSPS) is 11.9. The summed E-state index contributed by atoms with van der Waals surface area (Å²) >= 11 is 0. The molecule has 2 N–H and O–H groups in total. The quantitative estimate of drug-likeness (QED) is 0.717. The fourth-order valence-electron chi connectivity index (χ4n) is 2.25. The molecule has 0 radical (unpaired) electrons. The maximum Gasteiger partial charge on any atom is 0.252 e. The average molecular weight is 323 g/mol. The van der Waals surface area contributed by atoms with Gasteiger partial charge in [0.05, 0.1) is 11.7 Å². The van der Waals surface area contributed by atoms with Crippen LogP contribution in [0.2, 0.25) is 0 Å². The Balaban J connectivity index is 1.52. The Kier molecular flexibility index (Phi) is 4.93. The molecule has 1 atom stereocenters. The van der Waals surface area contributed by atoms with Crippen LogP contribution in [0, 0.1) is 0 Å². The Morgan fingerprint density at radius 1 is 1.21 bits per heavy atom. The summed E-state index contributed by atoms with van der Waals surface area (Å²) in [4.78, 5) is 20.1. The largest absolute Gasteiger partial charge is 0.388 e. The molecular formula is C17H17N5O2. The molecule has 7 heteroatoms. The maximum atomic E-state index is 12.1. The molecule has 2 heterocycles. The molecule has 1 unspecified atom stereocenters. The van der Waals surface area contributed by atoms with E-state index in [9.17, 15) is 9.90 Å². The minimum atomic E-state index is -0.598. The van der Waals surface area contributed by atoms with Crippen LogP contribution in [0.15, 0.2) is 61.3 Å². The van der Waals surface area contributed by atoms with Crippen LogP contribution >= 0.6 is 0 Å². The Hall–Kier alpha value is -3.06. The van der Waals surface area contributed by atoms with Crippen LogP contribution in [-0.2, 0) is 0 Å². The monoisotopic (exact) mass is 323 g/mol. The number of pyridine rings is 1. The van der Waals surface area contributed by atoms with Crippen molar-refractivity contribution in [2.24, 2.45) is 0 Å². The van der Waals surface area contributed by atoms with Gasteiger partial charge in [0.2, 0.25) is 0 Å². The van der Waals surface area contributed by atoms with Crippen LogP contribution in [0.5, 0.6) is 0 Å². The Bertz CT molecular complexity index is 773. The van der Waals surface area contributed by atoms with Gasteiger partial charge in [-0.05, 0) is 24.1 Å². The zero-order valence-electron chi connectivity index (χ0n) is 12.9. The van der Waals surface area contributed by atoms with Crippen molar-refractivity contribution in [3.8, 4) is 5.82 Å². The van der Waals surface area contributed by atoms with E-state index in [2.05, 4.69) is 20.4 Å². The first-order valence-electron chi connectivity index (χ1n) is 7.56. The first-order valence-corrected chi connectivity index (χ1v) is 7.56. The van der Waals surface area contributed by atoms with E-state index >= 15 is 0 Å². The van der Waals surface area contributed by atoms with Crippen molar-refractivity contribution in [3.05, 3.63) is 72.4 Å². The lowest BCUT2D eigenvalue weighted by atomic mass is 10.1. The number of benzene rings is 1. The lowest BCUT2D eigenvalue weighted by Gasteiger charge is -2.11. The van der Waals surface area contributed by atoms with Crippen molar-refractivity contribution >= 4 is 5.91 Å². The minimum Gasteiger partial charge on any atom is -0.388 e. The molecule has 0 spiro atoms. The van der Waals surface area contributed by atoms with Crippen molar-refractivity contribution in [1.82, 2.24) is 25.1 Å². The predicted octanol–water partition coefficient (Wildman–Crippen LogP) is 1.52. The van der Waals surface area contributed by atoms with E-state index in [0.29, 0.717) is 24.3 Å². The van der Waals surface area contributed by atoms with E-state index < -0.39 is 6.10 Å². The van der Waals surface area contributed by atoms with Gasteiger partial charge < -0.3 is 10.4 Å². The summed E-state index contributed by atoms with van der Waals surface area (Å²) in [5.41, 5.74) is 1.29. The molecule has 0 saturated heterocycles. The van der Waals surface area contributed by atoms with Gasteiger partial charge in [0.25, 0.3) is 5.91 Å². The number of aliphatic hydroxyl groups is 1. The van der Waals surface area contributed by atoms with Crippen LogP contribution in [0.4, 0.5) is 0 Å². The zero-order valence-corrected chi connectivity index (χ0v) is 12.9. The van der Waals surface area contributed by atoms with Gasteiger partial charge in [0.15, 0.2) is 5.82 Å². The fourth-order valence-corrected chi connectivity index (χ4v) is 2.25. The standard InChI is InChI=1S/C17H17N5O2/c23-15(13-4-2-1-3-5-13)8-9-19-17(24)14-6-7-16(20-10-14)22-12-18-11-21-22/h1-7,10-12,15,23H,8-9H2,(H,19,24). The van der Waals surface area contributed by atoms with Crippen LogP contribution in [-0.4, -0.2) is 37.3 Å². The summed E-state index contributed by atoms with van der Waals surface area (Å²) in [5.74, 6) is 0.358. The Morgan fingerprint density at radius 3 is 2.71 bits per heavy atom. The molecule has 0 fully saturated rings. The van der Waals surface area contributed by atoms with Crippen molar-refractivity contribution in [2.75, 3.05) is 6.54 Å². The highest BCUT2D eigenvalue weighted by Gasteiger charge is 2.10. The molecule has 122 valence electrons. The first-order chi connectivity index (χ1) is 11.7. The molecule has 0 bridgehead atoms. The van der Waals surface area contributed by atoms with Gasteiger partial charge in [-0.3, -0.25) is 4.79 Å². The second kappa shape index (κ2) is 7.47. The minimum absolute atomic E-state index is 0.229. The number of nitrogens with one attached hydrogen (secondary N) is 1. The first kappa shape index (κ1) is 15.8. The third kappa shape index (κ3) is 3.82. The Labute approximate surface area is 139 Å². The van der Waals surface area contributed by atoms with Crippen LogP contribution < -0.4 is 5.32 Å². The number of carbonyl (C=O) groups excluding carboxylic acids is 1. The smallest absolute Gasteiger partial charge is 0.252 e. The van der Waals surface area contributed by atoms with Gasteiger partial charge in [-0.15, -0.1) is 0 Å². The highest BCUT2D eigenvalue weighted by Crippen LogP contribution is 2.15. The van der Waals surface area contributed by atoms with Gasteiger partial charge >= 0.3 is 0 Å². The fraction of sp³-hybridized carbons (Fsp3) is 0.176. The molecule has 2 aromatic heterocycles. The van der Waals surface area contributed by atoms with Gasteiger partial charge in [-0.2, -0.15) is 5.10 Å². The Morgan fingerprint density at radius 2 is 2.04 bits per heavy atom.